The van der Waals surface area contributed by atoms with Gasteiger partial charge in [0.25, 0.3) is 6.01 Å². The van der Waals surface area contributed by atoms with Crippen molar-refractivity contribution >= 4 is 22.9 Å². The number of ether oxygens (including phenoxy) is 1. The molecule has 7 heteroatoms. The van der Waals surface area contributed by atoms with Gasteiger partial charge >= 0.3 is 0 Å². The van der Waals surface area contributed by atoms with Crippen LogP contribution in [0.4, 0.5) is 11.8 Å². The molecule has 7 nitrogen and oxygen atoms in total. The molecule has 2 saturated heterocycles. The Kier molecular flexibility index (Phi) is 3.93. The minimum Gasteiger partial charge on any atom is -0.423 e. The summed E-state index contributed by atoms with van der Waals surface area (Å²) >= 11 is 0. The van der Waals surface area contributed by atoms with Crippen LogP contribution in [-0.4, -0.2) is 54.3 Å². The average molecular weight is 351 g/mol. The lowest BCUT2D eigenvalue weighted by Gasteiger charge is -2.34. The van der Waals surface area contributed by atoms with E-state index in [1.807, 2.05) is 24.3 Å². The third-order valence-corrected chi connectivity index (χ3v) is 5.18. The Balaban J connectivity index is 1.28. The number of benzene rings is 1. The summed E-state index contributed by atoms with van der Waals surface area (Å²) in [6.07, 6.45) is 2.72. The molecule has 2 aromatic heterocycles. The second-order valence-electron chi connectivity index (χ2n) is 6.80. The molecule has 0 spiro atoms. The Hall–Kier alpha value is -2.67. The first kappa shape index (κ1) is 15.6. The van der Waals surface area contributed by atoms with E-state index < -0.39 is 0 Å². The van der Waals surface area contributed by atoms with Gasteiger partial charge in [-0.1, -0.05) is 12.1 Å². The van der Waals surface area contributed by atoms with Gasteiger partial charge < -0.3 is 19.0 Å². The summed E-state index contributed by atoms with van der Waals surface area (Å²) < 4.78 is 11.4. The van der Waals surface area contributed by atoms with Crippen LogP contribution in [0.3, 0.4) is 0 Å². The van der Waals surface area contributed by atoms with Crippen LogP contribution < -0.4 is 9.80 Å². The molecule has 1 aromatic carbocycles. The molecule has 0 bridgehead atoms. The van der Waals surface area contributed by atoms with Gasteiger partial charge in [0, 0.05) is 44.8 Å². The standard InChI is InChI=1S/C19H21N5O2/c1-2-4-17-15(3-1)22-19(26-17)24-8-6-23(7-9-24)18-11-16(20-13-21-18)14-5-10-25-12-14/h1-4,11,13-14H,5-10,12H2/t14-/m1/s1. The summed E-state index contributed by atoms with van der Waals surface area (Å²) in [4.78, 5) is 18.0. The van der Waals surface area contributed by atoms with Gasteiger partial charge in [-0.2, -0.15) is 4.98 Å². The fraction of sp³-hybridized carbons (Fsp3) is 0.421. The van der Waals surface area contributed by atoms with E-state index in [1.54, 1.807) is 6.33 Å². The van der Waals surface area contributed by atoms with Crippen molar-refractivity contribution in [3.63, 3.8) is 0 Å². The molecule has 2 aliphatic rings. The number of hydrogen-bond acceptors (Lipinski definition) is 7. The minimum atomic E-state index is 0.401. The molecule has 134 valence electrons. The molecule has 0 radical (unpaired) electrons. The van der Waals surface area contributed by atoms with Gasteiger partial charge in [-0.3, -0.25) is 0 Å². The van der Waals surface area contributed by atoms with Crippen LogP contribution in [0, 0.1) is 0 Å². The van der Waals surface area contributed by atoms with Crippen LogP contribution in [0.25, 0.3) is 11.1 Å². The van der Waals surface area contributed by atoms with E-state index in [2.05, 4.69) is 30.8 Å². The van der Waals surface area contributed by atoms with Crippen molar-refractivity contribution in [2.75, 3.05) is 49.2 Å². The Morgan fingerprint density at radius 3 is 2.65 bits per heavy atom. The molecule has 0 aliphatic carbocycles. The van der Waals surface area contributed by atoms with Crippen molar-refractivity contribution in [1.29, 1.82) is 0 Å². The maximum atomic E-state index is 5.89. The summed E-state index contributed by atoms with van der Waals surface area (Å²) in [6, 6.07) is 10.7. The molecule has 0 amide bonds. The third-order valence-electron chi connectivity index (χ3n) is 5.18. The van der Waals surface area contributed by atoms with Crippen LogP contribution in [0.5, 0.6) is 0 Å². The second kappa shape index (κ2) is 6.57. The summed E-state index contributed by atoms with van der Waals surface area (Å²) in [7, 11) is 0. The zero-order valence-corrected chi connectivity index (χ0v) is 14.5. The van der Waals surface area contributed by atoms with E-state index in [9.17, 15) is 0 Å². The average Bonchev–Trinajstić information content (AvgIpc) is 3.38. The largest absolute Gasteiger partial charge is 0.423 e. The molecule has 1 atom stereocenters. The van der Waals surface area contributed by atoms with Crippen molar-refractivity contribution in [3.8, 4) is 0 Å². The topological polar surface area (TPSA) is 67.5 Å². The molecule has 3 aromatic rings. The SMILES string of the molecule is c1ccc2oc(N3CCN(c4cc([C@@H]5CCOC5)ncn4)CC3)nc2c1. The highest BCUT2D eigenvalue weighted by Gasteiger charge is 2.24. The molecule has 2 aliphatic heterocycles. The van der Waals surface area contributed by atoms with Crippen LogP contribution in [0.2, 0.25) is 0 Å². The van der Waals surface area contributed by atoms with E-state index in [4.69, 9.17) is 9.15 Å². The molecule has 4 heterocycles. The molecule has 26 heavy (non-hydrogen) atoms. The monoisotopic (exact) mass is 351 g/mol. The highest BCUT2D eigenvalue weighted by atomic mass is 16.5. The second-order valence-corrected chi connectivity index (χ2v) is 6.80. The lowest BCUT2D eigenvalue weighted by atomic mass is 10.0. The Bertz CT molecular complexity index is 865. The van der Waals surface area contributed by atoms with Crippen molar-refractivity contribution in [2.45, 2.75) is 12.3 Å². The summed E-state index contributed by atoms with van der Waals surface area (Å²) in [5, 5.41) is 0. The van der Waals surface area contributed by atoms with Crippen LogP contribution in [0.15, 0.2) is 41.1 Å². The molecule has 5 rings (SSSR count). The number of nitrogens with zero attached hydrogens (tertiary/aromatic N) is 5. The van der Waals surface area contributed by atoms with Gasteiger partial charge in [0.05, 0.1) is 12.3 Å². The number of anilines is 2. The number of aromatic nitrogens is 3. The van der Waals surface area contributed by atoms with Crippen LogP contribution in [-0.2, 0) is 4.74 Å². The van der Waals surface area contributed by atoms with Crippen molar-refractivity contribution in [2.24, 2.45) is 0 Å². The number of piperazine rings is 1. The fourth-order valence-electron chi connectivity index (χ4n) is 3.65. The van der Waals surface area contributed by atoms with Gasteiger partial charge in [-0.15, -0.1) is 0 Å². The zero-order valence-electron chi connectivity index (χ0n) is 14.5. The lowest BCUT2D eigenvalue weighted by Crippen LogP contribution is -2.47. The maximum absolute atomic E-state index is 5.89. The normalized spacial score (nSPS) is 20.8. The number of rotatable bonds is 3. The third kappa shape index (κ3) is 2.88. The lowest BCUT2D eigenvalue weighted by molar-refractivity contribution is 0.193. The molecule has 0 unspecified atom stereocenters. The summed E-state index contributed by atoms with van der Waals surface area (Å²) in [6.45, 7) is 5.08. The number of fused-ring (bicyclic) bond motifs is 1. The number of hydrogen-bond donors (Lipinski definition) is 0. The summed E-state index contributed by atoms with van der Waals surface area (Å²) in [5.41, 5.74) is 2.84. The molecule has 0 N–H and O–H groups in total. The first-order valence-electron chi connectivity index (χ1n) is 9.12. The smallest absolute Gasteiger partial charge is 0.298 e. The first-order chi connectivity index (χ1) is 12.9. The summed E-state index contributed by atoms with van der Waals surface area (Å²) in [5.74, 6) is 1.40. The number of para-hydroxylation sites is 2. The van der Waals surface area contributed by atoms with Gasteiger partial charge in [0.2, 0.25) is 0 Å². The van der Waals surface area contributed by atoms with Crippen molar-refractivity contribution in [1.82, 2.24) is 15.0 Å². The number of oxazole rings is 1. The molecular weight excluding hydrogens is 330 g/mol. The van der Waals surface area contributed by atoms with E-state index in [0.717, 1.165) is 68.4 Å². The highest BCUT2D eigenvalue weighted by Crippen LogP contribution is 2.27. The molecule has 2 fully saturated rings. The molecule has 0 saturated carbocycles. The first-order valence-corrected chi connectivity index (χ1v) is 9.12. The predicted octanol–water partition coefficient (Wildman–Crippen LogP) is 2.45. The van der Waals surface area contributed by atoms with Gasteiger partial charge in [0.15, 0.2) is 5.58 Å². The van der Waals surface area contributed by atoms with E-state index in [-0.39, 0.29) is 0 Å². The van der Waals surface area contributed by atoms with E-state index in [1.165, 1.54) is 0 Å². The zero-order chi connectivity index (χ0) is 17.3. The van der Waals surface area contributed by atoms with Gasteiger partial charge in [-0.05, 0) is 18.6 Å². The maximum Gasteiger partial charge on any atom is 0.298 e. The van der Waals surface area contributed by atoms with Crippen LogP contribution >= 0.6 is 0 Å². The van der Waals surface area contributed by atoms with E-state index >= 15 is 0 Å². The molecular formula is C19H21N5O2. The quantitative estimate of drug-likeness (QED) is 0.718. The van der Waals surface area contributed by atoms with Crippen molar-refractivity contribution in [3.05, 3.63) is 42.4 Å². The van der Waals surface area contributed by atoms with Crippen molar-refractivity contribution < 1.29 is 9.15 Å². The Morgan fingerprint density at radius 1 is 1.00 bits per heavy atom. The van der Waals surface area contributed by atoms with Gasteiger partial charge in [0.1, 0.15) is 17.7 Å². The highest BCUT2D eigenvalue weighted by molar-refractivity contribution is 5.74. The Morgan fingerprint density at radius 2 is 1.85 bits per heavy atom. The van der Waals surface area contributed by atoms with E-state index in [0.29, 0.717) is 11.9 Å². The van der Waals surface area contributed by atoms with Gasteiger partial charge in [-0.25, -0.2) is 9.97 Å². The predicted molar refractivity (Wildman–Crippen MR) is 98.6 cm³/mol. The minimum absolute atomic E-state index is 0.401. The Labute approximate surface area is 151 Å². The fourth-order valence-corrected chi connectivity index (χ4v) is 3.65. The van der Waals surface area contributed by atoms with Crippen LogP contribution in [0.1, 0.15) is 18.0 Å².